The second kappa shape index (κ2) is 5.13. The van der Waals surface area contributed by atoms with Crippen LogP contribution in [0.3, 0.4) is 0 Å². The van der Waals surface area contributed by atoms with Gasteiger partial charge in [0, 0.05) is 0 Å². The normalized spacial score (nSPS) is 48.5. The zero-order chi connectivity index (χ0) is 18.1. The molecule has 0 radical (unpaired) electrons. The maximum Gasteiger partial charge on any atom is 0.323 e. The molecule has 0 unspecified atom stereocenters. The monoisotopic (exact) mass is 350 g/mol. The Bertz CT molecular complexity index is 685. The maximum atomic E-state index is 12.8. The van der Waals surface area contributed by atoms with Crippen LogP contribution in [0.5, 0.6) is 0 Å². The van der Waals surface area contributed by atoms with Gasteiger partial charge in [-0.1, -0.05) is 20.3 Å². The topological polar surface area (TPSA) is 107 Å². The summed E-state index contributed by atoms with van der Waals surface area (Å²) in [5.41, 5.74) is -2.39. The molecule has 2 heterocycles. The molecule has 5 aliphatic rings. The maximum absolute atomic E-state index is 12.8. The molecule has 0 aromatic carbocycles. The highest BCUT2D eigenvalue weighted by molar-refractivity contribution is 6.04. The van der Waals surface area contributed by atoms with E-state index in [1.807, 2.05) is 6.92 Å². The van der Waals surface area contributed by atoms with E-state index in [1.54, 1.807) is 6.92 Å². The SMILES string of the molecule is CCC[C@@H]1[C@H]2C(=O)OC(=O)[C@@]23CC[C@@]12C(=O)OC(=O)[C@@H]2C[C@H](C)[C@H]3O. The summed E-state index contributed by atoms with van der Waals surface area (Å²) in [5, 5.41) is 11.0. The van der Waals surface area contributed by atoms with Crippen molar-refractivity contribution in [1.29, 1.82) is 0 Å². The molecule has 0 aromatic heterocycles. The van der Waals surface area contributed by atoms with Crippen molar-refractivity contribution in [2.24, 2.45) is 34.5 Å². The summed E-state index contributed by atoms with van der Waals surface area (Å²) in [6.45, 7) is 3.67. The number of aliphatic hydroxyl groups excluding tert-OH is 1. The third kappa shape index (κ3) is 1.75. The zero-order valence-electron chi connectivity index (χ0n) is 14.3. The highest BCUT2D eigenvalue weighted by atomic mass is 16.6. The van der Waals surface area contributed by atoms with E-state index in [2.05, 4.69) is 0 Å². The fourth-order valence-electron chi connectivity index (χ4n) is 6.06. The standard InChI is InChI=1S/C18H22O7/c1-3-4-9-11-14(21)25-16(23)18(11)6-5-17(9)10(7-8(2)12(18)19)13(20)24-15(17)22/h8-12,19H,3-7H2,1-2H3/t8-,9+,10-,11-,12+,17+,18-/m0/s1. The van der Waals surface area contributed by atoms with Gasteiger partial charge in [0.2, 0.25) is 0 Å². The highest BCUT2D eigenvalue weighted by Crippen LogP contribution is 2.66. The van der Waals surface area contributed by atoms with Gasteiger partial charge >= 0.3 is 23.9 Å². The minimum Gasteiger partial charge on any atom is -0.392 e. The van der Waals surface area contributed by atoms with Crippen LogP contribution in [-0.2, 0) is 28.7 Å². The molecule has 2 spiro atoms. The molecule has 7 atom stereocenters. The van der Waals surface area contributed by atoms with Gasteiger partial charge in [-0.05, 0) is 37.5 Å². The number of hydrogen-bond donors (Lipinski definition) is 1. The van der Waals surface area contributed by atoms with Gasteiger partial charge in [-0.2, -0.15) is 0 Å². The van der Waals surface area contributed by atoms with Gasteiger partial charge in [-0.3, -0.25) is 19.2 Å². The second-order valence-corrected chi connectivity index (χ2v) is 8.08. The van der Waals surface area contributed by atoms with Crippen LogP contribution in [-0.4, -0.2) is 35.1 Å². The van der Waals surface area contributed by atoms with E-state index in [9.17, 15) is 24.3 Å². The number of carbonyl (C=O) groups excluding carboxylic acids is 4. The van der Waals surface area contributed by atoms with E-state index in [4.69, 9.17) is 9.47 Å². The molecule has 7 nitrogen and oxygen atoms in total. The number of hydrogen-bond acceptors (Lipinski definition) is 7. The largest absolute Gasteiger partial charge is 0.392 e. The second-order valence-electron chi connectivity index (χ2n) is 8.08. The van der Waals surface area contributed by atoms with Crippen molar-refractivity contribution in [3.8, 4) is 0 Å². The minimum absolute atomic E-state index is 0.160. The summed E-state index contributed by atoms with van der Waals surface area (Å²) < 4.78 is 9.98. The molecule has 7 heteroatoms. The molecule has 2 aliphatic heterocycles. The summed E-state index contributed by atoms with van der Waals surface area (Å²) in [7, 11) is 0. The van der Waals surface area contributed by atoms with Crippen LogP contribution in [0.1, 0.15) is 46.0 Å². The molecule has 136 valence electrons. The summed E-state index contributed by atoms with van der Waals surface area (Å²) in [6, 6.07) is 0. The Morgan fingerprint density at radius 3 is 2.32 bits per heavy atom. The van der Waals surface area contributed by atoms with Crippen molar-refractivity contribution in [2.45, 2.75) is 52.1 Å². The summed E-state index contributed by atoms with van der Waals surface area (Å²) >= 11 is 0. The molecule has 25 heavy (non-hydrogen) atoms. The molecular formula is C18H22O7. The molecular weight excluding hydrogens is 328 g/mol. The molecule has 5 fully saturated rings. The number of rotatable bonds is 2. The van der Waals surface area contributed by atoms with Gasteiger partial charge in [-0.25, -0.2) is 0 Å². The predicted octanol–water partition coefficient (Wildman–Crippen LogP) is 0.969. The van der Waals surface area contributed by atoms with Gasteiger partial charge in [0.05, 0.1) is 23.4 Å². The lowest BCUT2D eigenvalue weighted by Crippen LogP contribution is -2.62. The Balaban J connectivity index is 1.96. The molecule has 3 saturated carbocycles. The molecule has 3 aliphatic carbocycles. The fraction of sp³-hybridized carbons (Fsp3) is 0.778. The quantitative estimate of drug-likeness (QED) is 0.584. The number of cyclic esters (lactones) is 4. The Hall–Kier alpha value is -1.76. The average molecular weight is 350 g/mol. The molecule has 1 N–H and O–H groups in total. The van der Waals surface area contributed by atoms with E-state index in [-0.39, 0.29) is 19.3 Å². The van der Waals surface area contributed by atoms with Crippen LogP contribution < -0.4 is 0 Å². The number of ether oxygens (including phenoxy) is 2. The summed E-state index contributed by atoms with van der Waals surface area (Å²) in [4.78, 5) is 50.4. The number of esters is 4. The summed E-state index contributed by atoms with van der Waals surface area (Å²) in [5.74, 6) is -5.04. The smallest absolute Gasteiger partial charge is 0.323 e. The van der Waals surface area contributed by atoms with Crippen molar-refractivity contribution in [1.82, 2.24) is 0 Å². The Morgan fingerprint density at radius 2 is 1.64 bits per heavy atom. The molecule has 2 bridgehead atoms. The summed E-state index contributed by atoms with van der Waals surface area (Å²) in [6.07, 6.45) is 0.775. The van der Waals surface area contributed by atoms with E-state index in [1.165, 1.54) is 0 Å². The number of fused-ring (bicyclic) bond motifs is 3. The first-order valence-electron chi connectivity index (χ1n) is 9.01. The van der Waals surface area contributed by atoms with Crippen molar-refractivity contribution in [2.75, 3.05) is 0 Å². The van der Waals surface area contributed by atoms with Crippen LogP contribution >= 0.6 is 0 Å². The Labute approximate surface area is 145 Å². The van der Waals surface area contributed by atoms with Crippen molar-refractivity contribution in [3.63, 3.8) is 0 Å². The first-order valence-corrected chi connectivity index (χ1v) is 9.01. The first-order chi connectivity index (χ1) is 11.8. The molecule has 2 saturated heterocycles. The third-order valence-corrected chi connectivity index (χ3v) is 7.15. The average Bonchev–Trinajstić information content (AvgIpc) is 2.94. The van der Waals surface area contributed by atoms with Gasteiger partial charge in [-0.15, -0.1) is 0 Å². The molecule has 5 rings (SSSR count). The van der Waals surface area contributed by atoms with Gasteiger partial charge in [0.1, 0.15) is 5.41 Å². The fourth-order valence-corrected chi connectivity index (χ4v) is 6.06. The minimum atomic E-state index is -1.31. The van der Waals surface area contributed by atoms with Gasteiger partial charge < -0.3 is 14.6 Å². The predicted molar refractivity (Wildman–Crippen MR) is 81.5 cm³/mol. The first kappa shape index (κ1) is 16.7. The van der Waals surface area contributed by atoms with Crippen LogP contribution in [0.15, 0.2) is 0 Å². The van der Waals surface area contributed by atoms with Crippen molar-refractivity contribution in [3.05, 3.63) is 0 Å². The Morgan fingerprint density at radius 1 is 1.04 bits per heavy atom. The van der Waals surface area contributed by atoms with E-state index < -0.39 is 64.5 Å². The third-order valence-electron chi connectivity index (χ3n) is 7.15. The molecule has 0 amide bonds. The van der Waals surface area contributed by atoms with Crippen molar-refractivity contribution >= 4 is 23.9 Å². The van der Waals surface area contributed by atoms with E-state index in [0.29, 0.717) is 12.8 Å². The lowest BCUT2D eigenvalue weighted by atomic mass is 9.44. The van der Waals surface area contributed by atoms with Gasteiger partial charge in [0.25, 0.3) is 0 Å². The van der Waals surface area contributed by atoms with Crippen LogP contribution in [0, 0.1) is 34.5 Å². The number of carbonyl (C=O) groups is 4. The van der Waals surface area contributed by atoms with Crippen molar-refractivity contribution < 1.29 is 33.8 Å². The van der Waals surface area contributed by atoms with E-state index >= 15 is 0 Å². The lowest BCUT2D eigenvalue weighted by molar-refractivity contribution is -0.182. The molecule has 0 aromatic rings. The van der Waals surface area contributed by atoms with Gasteiger partial charge in [0.15, 0.2) is 0 Å². The zero-order valence-corrected chi connectivity index (χ0v) is 14.3. The Kier molecular flexibility index (Phi) is 3.42. The number of aliphatic hydroxyl groups is 1. The van der Waals surface area contributed by atoms with Crippen LogP contribution in [0.2, 0.25) is 0 Å². The highest BCUT2D eigenvalue weighted by Gasteiger charge is 2.76. The lowest BCUT2D eigenvalue weighted by Gasteiger charge is -2.54. The van der Waals surface area contributed by atoms with Crippen LogP contribution in [0.4, 0.5) is 0 Å². The van der Waals surface area contributed by atoms with Crippen LogP contribution in [0.25, 0.3) is 0 Å². The van der Waals surface area contributed by atoms with E-state index in [0.717, 1.165) is 0 Å².